The number of furan rings is 1. The predicted octanol–water partition coefficient (Wildman–Crippen LogP) is 6.02. The number of nitrogens with one attached hydrogen (secondary N) is 1. The van der Waals surface area contributed by atoms with Gasteiger partial charge in [-0.3, -0.25) is 14.9 Å². The molecule has 0 atom stereocenters. The Morgan fingerprint density at radius 1 is 1.06 bits per heavy atom. The van der Waals surface area contributed by atoms with Crippen LogP contribution in [0.3, 0.4) is 0 Å². The minimum atomic E-state index is -0.464. The van der Waals surface area contributed by atoms with Crippen LogP contribution in [0.25, 0.3) is 40.1 Å². The minimum absolute atomic E-state index is 0.0554. The number of benzene rings is 2. The third-order valence-electron chi connectivity index (χ3n) is 5.30. The average molecular weight is 466 g/mol. The lowest BCUT2D eigenvalue weighted by molar-refractivity contribution is -0.384. The average Bonchev–Trinajstić information content (AvgIpc) is 3.51. The van der Waals surface area contributed by atoms with Crippen LogP contribution < -0.4 is 5.32 Å². The first-order chi connectivity index (χ1) is 17.0. The number of amides is 1. The van der Waals surface area contributed by atoms with Gasteiger partial charge in [0.1, 0.15) is 11.5 Å². The van der Waals surface area contributed by atoms with Gasteiger partial charge in [0.05, 0.1) is 10.5 Å². The molecule has 9 nitrogen and oxygen atoms in total. The summed E-state index contributed by atoms with van der Waals surface area (Å²) in [5.41, 5.74) is 3.57. The maximum Gasteiger partial charge on any atom is 0.280 e. The molecule has 3 heterocycles. The Morgan fingerprint density at radius 3 is 2.74 bits per heavy atom. The van der Waals surface area contributed by atoms with Gasteiger partial charge in [0.2, 0.25) is 11.8 Å². The fraction of sp³-hybridized carbons (Fsp3) is 0.0385. The van der Waals surface area contributed by atoms with Crippen molar-refractivity contribution in [2.75, 3.05) is 5.32 Å². The fourth-order valence-electron chi connectivity index (χ4n) is 3.54. The number of carbonyl (C=O) groups excluding carboxylic acids is 1. The summed E-state index contributed by atoms with van der Waals surface area (Å²) in [7, 11) is 0. The molecule has 0 spiro atoms. The highest BCUT2D eigenvalue weighted by Crippen LogP contribution is 2.31. The lowest BCUT2D eigenvalue weighted by Crippen LogP contribution is -2.09. The van der Waals surface area contributed by atoms with Crippen LogP contribution in [-0.2, 0) is 4.79 Å². The highest BCUT2D eigenvalue weighted by atomic mass is 16.6. The number of nitro groups is 1. The Balaban J connectivity index is 1.32. The molecule has 3 aromatic heterocycles. The van der Waals surface area contributed by atoms with E-state index in [1.807, 2.05) is 19.1 Å². The number of para-hydroxylation sites is 1. The van der Waals surface area contributed by atoms with E-state index in [1.54, 1.807) is 54.7 Å². The Bertz CT molecular complexity index is 1570. The van der Waals surface area contributed by atoms with E-state index < -0.39 is 4.92 Å². The number of fused-ring (bicyclic) bond motifs is 1. The van der Waals surface area contributed by atoms with Gasteiger partial charge in [0.15, 0.2) is 11.2 Å². The first kappa shape index (κ1) is 21.8. The molecular weight excluding hydrogens is 448 g/mol. The first-order valence-electron chi connectivity index (χ1n) is 10.6. The van der Waals surface area contributed by atoms with Crippen LogP contribution in [0.1, 0.15) is 11.3 Å². The molecule has 0 bridgehead atoms. The molecular formula is C26H18N4O5. The van der Waals surface area contributed by atoms with Crippen molar-refractivity contribution in [2.45, 2.75) is 6.92 Å². The van der Waals surface area contributed by atoms with E-state index in [-0.39, 0.29) is 11.6 Å². The van der Waals surface area contributed by atoms with E-state index in [4.69, 9.17) is 8.83 Å². The Kier molecular flexibility index (Phi) is 5.64. The number of rotatable bonds is 6. The van der Waals surface area contributed by atoms with Crippen molar-refractivity contribution in [2.24, 2.45) is 0 Å². The molecule has 0 radical (unpaired) electrons. The van der Waals surface area contributed by atoms with Crippen molar-refractivity contribution in [1.29, 1.82) is 0 Å². The quantitative estimate of drug-likeness (QED) is 0.184. The molecule has 0 aliphatic carbocycles. The molecule has 2 aromatic carbocycles. The highest BCUT2D eigenvalue weighted by Gasteiger charge is 2.17. The van der Waals surface area contributed by atoms with Crippen molar-refractivity contribution in [3.05, 3.63) is 100 Å². The summed E-state index contributed by atoms with van der Waals surface area (Å²) in [4.78, 5) is 31.9. The van der Waals surface area contributed by atoms with Crippen molar-refractivity contribution in [3.8, 4) is 22.8 Å². The van der Waals surface area contributed by atoms with Gasteiger partial charge < -0.3 is 14.2 Å². The lowest BCUT2D eigenvalue weighted by Gasteiger charge is -2.07. The largest absolute Gasteiger partial charge is 0.456 e. The second-order valence-corrected chi connectivity index (χ2v) is 7.67. The summed E-state index contributed by atoms with van der Waals surface area (Å²) in [6.07, 6.45) is 4.47. The zero-order chi connectivity index (χ0) is 24.4. The summed E-state index contributed by atoms with van der Waals surface area (Å²) in [5.74, 6) is 0.766. The van der Waals surface area contributed by atoms with Crippen LogP contribution in [0.15, 0.2) is 87.8 Å². The van der Waals surface area contributed by atoms with Gasteiger partial charge in [-0.2, -0.15) is 4.98 Å². The molecule has 0 fully saturated rings. The second-order valence-electron chi connectivity index (χ2n) is 7.67. The smallest absolute Gasteiger partial charge is 0.280 e. The van der Waals surface area contributed by atoms with Gasteiger partial charge in [0, 0.05) is 29.6 Å². The third kappa shape index (κ3) is 4.55. The van der Waals surface area contributed by atoms with Gasteiger partial charge in [0.25, 0.3) is 5.69 Å². The number of hydrogen-bond acceptors (Lipinski definition) is 7. The number of aromatic nitrogens is 2. The van der Waals surface area contributed by atoms with Crippen LogP contribution in [0.2, 0.25) is 0 Å². The zero-order valence-corrected chi connectivity index (χ0v) is 18.5. The SMILES string of the molecule is Cc1ccc(-c2nc3ncccc3o2)cc1NC(=O)/C=C/c1ccc(-c2ccccc2[N+](=O)[O-])o1. The number of carbonyl (C=O) groups is 1. The maximum absolute atomic E-state index is 12.6. The molecule has 0 saturated carbocycles. The molecule has 0 unspecified atom stereocenters. The number of nitrogens with zero attached hydrogens (tertiary/aromatic N) is 3. The van der Waals surface area contributed by atoms with E-state index in [9.17, 15) is 14.9 Å². The topological polar surface area (TPSA) is 124 Å². The van der Waals surface area contributed by atoms with Gasteiger partial charge in [-0.05, 0) is 61.0 Å². The van der Waals surface area contributed by atoms with E-state index in [1.165, 1.54) is 18.2 Å². The Hall–Kier alpha value is -5.05. The Morgan fingerprint density at radius 2 is 1.91 bits per heavy atom. The van der Waals surface area contributed by atoms with E-state index in [2.05, 4.69) is 15.3 Å². The van der Waals surface area contributed by atoms with Crippen LogP contribution >= 0.6 is 0 Å². The summed E-state index contributed by atoms with van der Waals surface area (Å²) in [6, 6.07) is 18.6. The summed E-state index contributed by atoms with van der Waals surface area (Å²) in [5, 5.41) is 14.1. The van der Waals surface area contributed by atoms with E-state index in [0.717, 1.165) is 5.56 Å². The van der Waals surface area contributed by atoms with Crippen molar-refractivity contribution >= 4 is 34.6 Å². The number of anilines is 1. The first-order valence-corrected chi connectivity index (χ1v) is 10.6. The van der Waals surface area contributed by atoms with E-state index >= 15 is 0 Å². The summed E-state index contributed by atoms with van der Waals surface area (Å²) >= 11 is 0. The standard InChI is InChI=1S/C26H18N4O5/c1-16-8-9-17(26-29-25-23(35-26)7-4-14-27-25)15-20(16)28-24(31)13-11-18-10-12-22(34-18)19-5-2-3-6-21(19)30(32)33/h2-15H,1H3,(H,28,31)/b13-11+. The molecule has 9 heteroatoms. The number of nitro benzene ring substituents is 1. The van der Waals surface area contributed by atoms with Gasteiger partial charge in [-0.1, -0.05) is 18.2 Å². The monoisotopic (exact) mass is 466 g/mol. The predicted molar refractivity (Wildman–Crippen MR) is 130 cm³/mol. The number of aryl methyl sites for hydroxylation is 1. The van der Waals surface area contributed by atoms with Crippen LogP contribution in [0, 0.1) is 17.0 Å². The number of hydrogen-bond donors (Lipinski definition) is 1. The molecule has 35 heavy (non-hydrogen) atoms. The van der Waals surface area contributed by atoms with Gasteiger partial charge in [-0.15, -0.1) is 0 Å². The number of oxazole rings is 1. The number of pyridine rings is 1. The molecule has 1 amide bonds. The normalized spacial score (nSPS) is 11.2. The van der Waals surface area contributed by atoms with Crippen molar-refractivity contribution in [3.63, 3.8) is 0 Å². The van der Waals surface area contributed by atoms with Crippen molar-refractivity contribution < 1.29 is 18.6 Å². The minimum Gasteiger partial charge on any atom is -0.456 e. The van der Waals surface area contributed by atoms with E-state index in [0.29, 0.717) is 45.5 Å². The van der Waals surface area contributed by atoms with Crippen LogP contribution in [0.4, 0.5) is 11.4 Å². The molecule has 0 saturated heterocycles. The fourth-order valence-corrected chi connectivity index (χ4v) is 3.54. The zero-order valence-electron chi connectivity index (χ0n) is 18.5. The van der Waals surface area contributed by atoms with Gasteiger partial charge >= 0.3 is 0 Å². The Labute approximate surface area is 198 Å². The highest BCUT2D eigenvalue weighted by molar-refractivity contribution is 6.02. The summed E-state index contributed by atoms with van der Waals surface area (Å²) < 4.78 is 11.5. The molecule has 0 aliphatic rings. The van der Waals surface area contributed by atoms with Crippen LogP contribution in [-0.4, -0.2) is 20.8 Å². The molecule has 5 aromatic rings. The van der Waals surface area contributed by atoms with Gasteiger partial charge in [-0.25, -0.2) is 4.98 Å². The third-order valence-corrected chi connectivity index (χ3v) is 5.30. The van der Waals surface area contributed by atoms with Crippen molar-refractivity contribution in [1.82, 2.24) is 9.97 Å². The molecule has 1 N–H and O–H groups in total. The summed E-state index contributed by atoms with van der Waals surface area (Å²) in [6.45, 7) is 1.88. The molecule has 5 rings (SSSR count). The molecule has 0 aliphatic heterocycles. The second kappa shape index (κ2) is 9.06. The molecule has 172 valence electrons. The lowest BCUT2D eigenvalue weighted by atomic mass is 10.1. The maximum atomic E-state index is 12.6. The van der Waals surface area contributed by atoms with Crippen LogP contribution in [0.5, 0.6) is 0 Å².